The van der Waals surface area contributed by atoms with Gasteiger partial charge in [-0.15, -0.1) is 0 Å². The van der Waals surface area contributed by atoms with Crippen LogP contribution in [-0.4, -0.2) is 30.2 Å². The molecule has 0 spiro atoms. The van der Waals surface area contributed by atoms with E-state index in [0.717, 1.165) is 42.2 Å². The lowest BCUT2D eigenvalue weighted by Crippen LogP contribution is -2.44. The molecule has 0 fully saturated rings. The molecule has 4 nitrogen and oxygen atoms in total. The fourth-order valence-electron chi connectivity index (χ4n) is 4.55. The van der Waals surface area contributed by atoms with Crippen LogP contribution in [0.15, 0.2) is 40.8 Å². The Kier molecular flexibility index (Phi) is 4.53. The highest BCUT2D eigenvalue weighted by molar-refractivity contribution is 5.91. The van der Waals surface area contributed by atoms with E-state index in [1.807, 2.05) is 0 Å². The van der Waals surface area contributed by atoms with Crippen LogP contribution in [-0.2, 0) is 0 Å². The first-order valence-corrected chi connectivity index (χ1v) is 10.3. The normalized spacial score (nSPS) is 15.6. The summed E-state index contributed by atoms with van der Waals surface area (Å²) in [6.07, 6.45) is 2.35. The first-order chi connectivity index (χ1) is 13.4. The first-order valence-electron chi connectivity index (χ1n) is 10.3. The number of allylic oxidation sites excluding steroid dienone is 1. The molecule has 0 N–H and O–H groups in total. The van der Waals surface area contributed by atoms with Crippen molar-refractivity contribution in [3.63, 3.8) is 0 Å². The van der Waals surface area contributed by atoms with E-state index in [1.54, 1.807) is 0 Å². The van der Waals surface area contributed by atoms with Crippen LogP contribution in [0.5, 0.6) is 0 Å². The summed E-state index contributed by atoms with van der Waals surface area (Å²) >= 11 is 0. The Morgan fingerprint density at radius 3 is 2.50 bits per heavy atom. The van der Waals surface area contributed by atoms with Crippen molar-refractivity contribution >= 4 is 22.4 Å². The molecule has 4 heteroatoms. The van der Waals surface area contributed by atoms with Crippen molar-refractivity contribution < 1.29 is 4.42 Å². The van der Waals surface area contributed by atoms with Gasteiger partial charge in [-0.2, -0.15) is 0 Å². The van der Waals surface area contributed by atoms with Crippen molar-refractivity contribution in [3.05, 3.63) is 47.3 Å². The molecule has 0 amide bonds. The number of nitrogens with zero attached hydrogens (tertiary/aromatic N) is 3. The smallest absolute Gasteiger partial charge is 0.203 e. The molecule has 146 valence electrons. The van der Waals surface area contributed by atoms with Crippen LogP contribution in [0.4, 0.5) is 5.69 Å². The lowest BCUT2D eigenvalue weighted by molar-refractivity contribution is 0.564. The van der Waals surface area contributed by atoms with Crippen LogP contribution in [0, 0.1) is 0 Å². The van der Waals surface area contributed by atoms with Gasteiger partial charge in [-0.3, -0.25) is 0 Å². The summed E-state index contributed by atoms with van der Waals surface area (Å²) in [7, 11) is 0. The van der Waals surface area contributed by atoms with Gasteiger partial charge in [0.25, 0.3) is 0 Å². The molecule has 2 aliphatic heterocycles. The summed E-state index contributed by atoms with van der Waals surface area (Å²) in [4.78, 5) is 7.33. The highest BCUT2D eigenvalue weighted by Crippen LogP contribution is 2.41. The van der Waals surface area contributed by atoms with E-state index >= 15 is 0 Å². The van der Waals surface area contributed by atoms with Gasteiger partial charge >= 0.3 is 0 Å². The largest absolute Gasteiger partial charge is 0.452 e. The number of hydrogen-bond donors (Lipinski definition) is 0. The first kappa shape index (κ1) is 18.7. The third kappa shape index (κ3) is 2.92. The second kappa shape index (κ2) is 6.77. The Morgan fingerprint density at radius 1 is 1.07 bits per heavy atom. The van der Waals surface area contributed by atoms with Gasteiger partial charge in [0, 0.05) is 29.9 Å². The van der Waals surface area contributed by atoms with Crippen molar-refractivity contribution in [2.75, 3.05) is 24.5 Å². The van der Waals surface area contributed by atoms with Crippen LogP contribution < -0.4 is 14.8 Å². The molecule has 1 aromatic carbocycles. The van der Waals surface area contributed by atoms with Gasteiger partial charge < -0.3 is 9.32 Å². The van der Waals surface area contributed by atoms with E-state index in [2.05, 4.69) is 87.4 Å². The number of hydrogen-bond acceptors (Lipinski definition) is 3. The molecule has 1 aliphatic carbocycles. The van der Waals surface area contributed by atoms with Crippen molar-refractivity contribution in [3.8, 4) is 11.5 Å². The zero-order valence-corrected chi connectivity index (χ0v) is 17.8. The number of likely N-dealkylation sites (N-methyl/N-ethyl adjacent to an activating group) is 1. The third-order valence-electron chi connectivity index (χ3n) is 5.91. The van der Waals surface area contributed by atoms with Gasteiger partial charge in [0.1, 0.15) is 24.3 Å². The number of benzene rings is 2. The molecular weight excluding hydrogens is 346 g/mol. The van der Waals surface area contributed by atoms with Crippen molar-refractivity contribution in [1.82, 2.24) is 9.56 Å². The molecule has 1 aromatic rings. The summed E-state index contributed by atoms with van der Waals surface area (Å²) in [6.45, 7) is 16.2. The standard InChI is InChI=1S/C24H30N3O/c1-7-26(8-2)17-10-11-19-22(12-17)28-23-14-21-18(13-20(23)25-19)16(4)15-24(5,6)27(21)9-3/h10-15H,7-9H2,1-6H3/q+1. The molecule has 2 heterocycles. The fourth-order valence-corrected chi connectivity index (χ4v) is 4.55. The van der Waals surface area contributed by atoms with Crippen LogP contribution in [0.25, 0.3) is 28.1 Å². The monoisotopic (exact) mass is 376 g/mol. The Balaban J connectivity index is 1.99. The Hall–Kier alpha value is -2.62. The number of fused-ring (bicyclic) bond motifs is 3. The number of aromatic nitrogens is 1. The maximum Gasteiger partial charge on any atom is 0.203 e. The fraction of sp³-hybridized carbons (Fsp3) is 0.417. The zero-order chi connectivity index (χ0) is 20.1. The van der Waals surface area contributed by atoms with Gasteiger partial charge in [0.05, 0.1) is 11.6 Å². The van der Waals surface area contributed by atoms with Crippen molar-refractivity contribution in [2.45, 2.75) is 47.1 Å². The third-order valence-corrected chi connectivity index (χ3v) is 5.91. The molecule has 0 unspecified atom stereocenters. The molecule has 0 bridgehead atoms. The van der Waals surface area contributed by atoms with Crippen molar-refractivity contribution in [2.24, 2.45) is 0 Å². The lowest BCUT2D eigenvalue weighted by atomic mass is 9.88. The van der Waals surface area contributed by atoms with E-state index in [4.69, 9.17) is 9.40 Å². The minimum Gasteiger partial charge on any atom is -0.452 e. The molecule has 3 aliphatic rings. The predicted molar refractivity (Wildman–Crippen MR) is 118 cm³/mol. The summed E-state index contributed by atoms with van der Waals surface area (Å²) in [5.74, 6) is 0.835. The van der Waals surface area contributed by atoms with Gasteiger partial charge in [-0.05, 0) is 59.2 Å². The van der Waals surface area contributed by atoms with Gasteiger partial charge in [0.2, 0.25) is 5.36 Å². The van der Waals surface area contributed by atoms with E-state index in [0.29, 0.717) is 0 Å². The van der Waals surface area contributed by atoms with E-state index in [-0.39, 0.29) is 5.54 Å². The van der Waals surface area contributed by atoms with Crippen LogP contribution in [0.2, 0.25) is 0 Å². The molecule has 0 saturated heterocycles. The van der Waals surface area contributed by atoms with Crippen LogP contribution in [0.3, 0.4) is 0 Å². The molecule has 0 atom stereocenters. The molecule has 0 radical (unpaired) electrons. The van der Waals surface area contributed by atoms with Crippen LogP contribution in [0.1, 0.15) is 47.1 Å². The average Bonchev–Trinajstić information content (AvgIpc) is 2.66. The Morgan fingerprint density at radius 2 is 1.82 bits per heavy atom. The minimum atomic E-state index is -0.0142. The van der Waals surface area contributed by atoms with Gasteiger partial charge in [-0.1, -0.05) is 6.08 Å². The molecule has 4 rings (SSSR count). The SMILES string of the molecule is CCN1c2cc3oc4cc(=[N+](CC)CC)ccc-4nc3cc2C(C)=CC1(C)C. The van der Waals surface area contributed by atoms with Crippen molar-refractivity contribution in [1.29, 1.82) is 0 Å². The van der Waals surface area contributed by atoms with E-state index < -0.39 is 0 Å². The zero-order valence-electron chi connectivity index (χ0n) is 17.8. The molecular formula is C24H30N3O+. The topological polar surface area (TPSA) is 32.3 Å². The Bertz CT molecular complexity index is 1110. The lowest BCUT2D eigenvalue weighted by Gasteiger charge is -2.42. The molecule has 0 saturated carbocycles. The second-order valence-electron chi connectivity index (χ2n) is 8.10. The van der Waals surface area contributed by atoms with E-state index in [9.17, 15) is 0 Å². The molecule has 28 heavy (non-hydrogen) atoms. The summed E-state index contributed by atoms with van der Waals surface area (Å²) in [5.41, 5.74) is 6.40. The maximum atomic E-state index is 6.35. The summed E-state index contributed by atoms with van der Waals surface area (Å²) in [5, 5.41) is 1.18. The summed E-state index contributed by atoms with van der Waals surface area (Å²) in [6, 6.07) is 10.7. The summed E-state index contributed by atoms with van der Waals surface area (Å²) < 4.78 is 8.67. The highest BCUT2D eigenvalue weighted by Gasteiger charge is 2.31. The quantitative estimate of drug-likeness (QED) is 0.488. The predicted octanol–water partition coefficient (Wildman–Crippen LogP) is 4.77. The second-order valence-corrected chi connectivity index (χ2v) is 8.10. The van der Waals surface area contributed by atoms with Gasteiger partial charge in [-0.25, -0.2) is 9.56 Å². The van der Waals surface area contributed by atoms with Gasteiger partial charge in [0.15, 0.2) is 11.3 Å². The number of anilines is 1. The highest BCUT2D eigenvalue weighted by atomic mass is 16.3. The van der Waals surface area contributed by atoms with E-state index in [1.165, 1.54) is 22.2 Å². The average molecular weight is 377 g/mol. The minimum absolute atomic E-state index is 0.0142. The molecule has 0 aromatic heterocycles. The number of rotatable bonds is 3. The Labute approximate surface area is 167 Å². The maximum absolute atomic E-state index is 6.35. The van der Waals surface area contributed by atoms with Crippen LogP contribution >= 0.6 is 0 Å².